The number of aromatic nitrogens is 2. The van der Waals surface area contributed by atoms with Gasteiger partial charge in [0.25, 0.3) is 0 Å². The molecule has 0 aliphatic carbocycles. The minimum Gasteiger partial charge on any atom is -0.508 e. The predicted octanol–water partition coefficient (Wildman–Crippen LogP) is 4.29. The summed E-state index contributed by atoms with van der Waals surface area (Å²) >= 11 is 1.66. The van der Waals surface area contributed by atoms with Crippen LogP contribution in [0.3, 0.4) is 0 Å². The fourth-order valence-electron chi connectivity index (χ4n) is 2.78. The number of benzene rings is 2. The van der Waals surface area contributed by atoms with Gasteiger partial charge < -0.3 is 9.63 Å². The van der Waals surface area contributed by atoms with Crippen LogP contribution in [0.4, 0.5) is 0 Å². The Balaban J connectivity index is 1.59. The third-order valence-electron chi connectivity index (χ3n) is 3.98. The smallest absolute Gasteiger partial charge is 0.124 e. The molecular formula is C19H17N3O2S. The molecule has 0 amide bonds. The normalized spacial score (nSPS) is 11.4. The number of thiazole rings is 1. The highest BCUT2D eigenvalue weighted by atomic mass is 32.1. The lowest BCUT2D eigenvalue weighted by Gasteiger charge is -2.16. The van der Waals surface area contributed by atoms with Crippen molar-refractivity contribution in [3.63, 3.8) is 0 Å². The average molecular weight is 351 g/mol. The van der Waals surface area contributed by atoms with Gasteiger partial charge in [-0.2, -0.15) is 0 Å². The van der Waals surface area contributed by atoms with Crippen molar-refractivity contribution in [2.75, 3.05) is 7.05 Å². The fourth-order valence-corrected chi connectivity index (χ4v) is 3.75. The summed E-state index contributed by atoms with van der Waals surface area (Å²) in [7, 11) is 1.98. The Morgan fingerprint density at radius 2 is 2.00 bits per heavy atom. The first-order chi connectivity index (χ1) is 12.2. The first-order valence-corrected chi connectivity index (χ1v) is 8.76. The standard InChI is InChI=1S/C19H17N3O2S/c1-22(12-15-8-9-24-21-15)11-14-10-13(6-7-17(14)23)19-20-16-4-2-3-5-18(16)25-19/h2-10,23H,11-12H2,1H3. The van der Waals surface area contributed by atoms with Gasteiger partial charge in [-0.15, -0.1) is 11.3 Å². The molecule has 2 aromatic heterocycles. The van der Waals surface area contributed by atoms with Gasteiger partial charge in [0.05, 0.1) is 15.9 Å². The van der Waals surface area contributed by atoms with Crippen molar-refractivity contribution in [2.45, 2.75) is 13.1 Å². The Labute approximate surface area is 149 Å². The van der Waals surface area contributed by atoms with E-state index in [0.29, 0.717) is 13.1 Å². The second kappa shape index (κ2) is 6.66. The Morgan fingerprint density at radius 1 is 1.12 bits per heavy atom. The third kappa shape index (κ3) is 3.40. The van der Waals surface area contributed by atoms with Crippen LogP contribution >= 0.6 is 11.3 Å². The van der Waals surface area contributed by atoms with E-state index in [9.17, 15) is 5.11 Å². The van der Waals surface area contributed by atoms with Crippen LogP contribution in [-0.2, 0) is 13.1 Å². The molecule has 0 aliphatic rings. The van der Waals surface area contributed by atoms with Gasteiger partial charge in [-0.1, -0.05) is 17.3 Å². The molecule has 0 spiro atoms. The summed E-state index contributed by atoms with van der Waals surface area (Å²) in [4.78, 5) is 6.77. The van der Waals surface area contributed by atoms with Gasteiger partial charge in [-0.05, 0) is 37.4 Å². The quantitative estimate of drug-likeness (QED) is 0.581. The van der Waals surface area contributed by atoms with Gasteiger partial charge in [-0.25, -0.2) is 4.98 Å². The topological polar surface area (TPSA) is 62.4 Å². The van der Waals surface area contributed by atoms with E-state index >= 15 is 0 Å². The van der Waals surface area contributed by atoms with Gasteiger partial charge in [0, 0.05) is 30.3 Å². The molecule has 0 saturated carbocycles. The molecule has 126 valence electrons. The molecule has 0 fully saturated rings. The molecule has 6 heteroatoms. The minimum atomic E-state index is 0.289. The van der Waals surface area contributed by atoms with Gasteiger partial charge in [0.2, 0.25) is 0 Å². The molecule has 0 bridgehead atoms. The summed E-state index contributed by atoms with van der Waals surface area (Å²) in [5.74, 6) is 0.289. The fraction of sp³-hybridized carbons (Fsp3) is 0.158. The number of rotatable bonds is 5. The molecule has 0 saturated heterocycles. The molecule has 0 radical (unpaired) electrons. The third-order valence-corrected chi connectivity index (χ3v) is 5.07. The molecule has 25 heavy (non-hydrogen) atoms. The van der Waals surface area contributed by atoms with Gasteiger partial charge >= 0.3 is 0 Å². The highest BCUT2D eigenvalue weighted by Gasteiger charge is 2.11. The van der Waals surface area contributed by atoms with Crippen molar-refractivity contribution in [1.29, 1.82) is 0 Å². The van der Waals surface area contributed by atoms with E-state index in [1.165, 1.54) is 0 Å². The number of fused-ring (bicyclic) bond motifs is 1. The summed E-state index contributed by atoms with van der Waals surface area (Å²) in [6.45, 7) is 1.26. The maximum atomic E-state index is 10.2. The zero-order valence-corrected chi connectivity index (χ0v) is 14.5. The van der Waals surface area contributed by atoms with Gasteiger partial charge in [-0.3, -0.25) is 4.90 Å². The molecular weight excluding hydrogens is 334 g/mol. The summed E-state index contributed by atoms with van der Waals surface area (Å²) in [5.41, 5.74) is 3.75. The summed E-state index contributed by atoms with van der Waals surface area (Å²) < 4.78 is 6.02. The molecule has 0 aliphatic heterocycles. The van der Waals surface area contributed by atoms with Gasteiger partial charge in [0.1, 0.15) is 17.0 Å². The van der Waals surface area contributed by atoms with E-state index in [0.717, 1.165) is 32.0 Å². The van der Waals surface area contributed by atoms with Crippen LogP contribution in [0.2, 0.25) is 0 Å². The molecule has 0 atom stereocenters. The van der Waals surface area contributed by atoms with Crippen LogP contribution in [0.1, 0.15) is 11.3 Å². The van der Waals surface area contributed by atoms with E-state index < -0.39 is 0 Å². The number of aromatic hydroxyl groups is 1. The van der Waals surface area contributed by atoms with Gasteiger partial charge in [0.15, 0.2) is 0 Å². The molecule has 0 unspecified atom stereocenters. The number of hydrogen-bond donors (Lipinski definition) is 1. The van der Waals surface area contributed by atoms with E-state index in [4.69, 9.17) is 9.51 Å². The Bertz CT molecular complexity index is 962. The SMILES string of the molecule is CN(Cc1ccon1)Cc1cc(-c2nc3ccccc3s2)ccc1O. The summed E-state index contributed by atoms with van der Waals surface area (Å²) in [6, 6.07) is 15.6. The average Bonchev–Trinajstić information content (AvgIpc) is 3.25. The van der Waals surface area contributed by atoms with Crippen LogP contribution in [0.5, 0.6) is 5.75 Å². The number of hydrogen-bond acceptors (Lipinski definition) is 6. The number of phenols is 1. The zero-order valence-electron chi connectivity index (χ0n) is 13.7. The Kier molecular flexibility index (Phi) is 4.21. The zero-order chi connectivity index (χ0) is 17.2. The Hall–Kier alpha value is -2.70. The van der Waals surface area contributed by atoms with Crippen LogP contribution < -0.4 is 0 Å². The summed E-state index contributed by atoms with van der Waals surface area (Å²) in [6.07, 6.45) is 1.56. The van der Waals surface area contributed by atoms with E-state index in [1.807, 2.05) is 43.4 Å². The van der Waals surface area contributed by atoms with Crippen LogP contribution in [0, 0.1) is 0 Å². The first-order valence-electron chi connectivity index (χ1n) is 7.95. The Morgan fingerprint density at radius 3 is 2.80 bits per heavy atom. The van der Waals surface area contributed by atoms with Crippen molar-refractivity contribution in [3.05, 3.63) is 66.1 Å². The first kappa shape index (κ1) is 15.8. The van der Waals surface area contributed by atoms with Crippen molar-refractivity contribution in [3.8, 4) is 16.3 Å². The van der Waals surface area contributed by atoms with Crippen molar-refractivity contribution < 1.29 is 9.63 Å². The second-order valence-corrected chi connectivity index (χ2v) is 7.02. The van der Waals surface area contributed by atoms with Crippen LogP contribution in [-0.4, -0.2) is 27.2 Å². The lowest BCUT2D eigenvalue weighted by molar-refractivity contribution is 0.299. The summed E-state index contributed by atoms with van der Waals surface area (Å²) in [5, 5.41) is 15.1. The molecule has 2 aromatic carbocycles. The van der Waals surface area contributed by atoms with E-state index in [1.54, 1.807) is 23.7 Å². The predicted molar refractivity (Wildman–Crippen MR) is 98.4 cm³/mol. The lowest BCUT2D eigenvalue weighted by Crippen LogP contribution is -2.17. The number of nitrogens with zero attached hydrogens (tertiary/aromatic N) is 3. The monoisotopic (exact) mass is 351 g/mol. The highest BCUT2D eigenvalue weighted by molar-refractivity contribution is 7.21. The van der Waals surface area contributed by atoms with Crippen molar-refractivity contribution in [1.82, 2.24) is 15.0 Å². The highest BCUT2D eigenvalue weighted by Crippen LogP contribution is 2.32. The molecule has 4 rings (SSSR count). The largest absolute Gasteiger partial charge is 0.508 e. The van der Waals surface area contributed by atoms with E-state index in [-0.39, 0.29) is 5.75 Å². The van der Waals surface area contributed by atoms with Crippen LogP contribution in [0.25, 0.3) is 20.8 Å². The molecule has 4 aromatic rings. The maximum Gasteiger partial charge on any atom is 0.124 e. The molecule has 1 N–H and O–H groups in total. The maximum absolute atomic E-state index is 10.2. The lowest BCUT2D eigenvalue weighted by atomic mass is 10.1. The number of para-hydroxylation sites is 1. The van der Waals surface area contributed by atoms with E-state index in [2.05, 4.69) is 16.1 Å². The molecule has 2 heterocycles. The second-order valence-electron chi connectivity index (χ2n) is 5.99. The number of phenolic OH excluding ortho intramolecular Hbond substituents is 1. The van der Waals surface area contributed by atoms with Crippen molar-refractivity contribution >= 4 is 21.6 Å². The van der Waals surface area contributed by atoms with Crippen molar-refractivity contribution in [2.24, 2.45) is 0 Å². The van der Waals surface area contributed by atoms with Crippen LogP contribution in [0.15, 0.2) is 59.3 Å². The molecule has 5 nitrogen and oxygen atoms in total. The minimum absolute atomic E-state index is 0.289.